The molecule has 21 heavy (non-hydrogen) atoms. The predicted molar refractivity (Wildman–Crippen MR) is 77.6 cm³/mol. The highest BCUT2D eigenvalue weighted by Crippen LogP contribution is 2.28. The van der Waals surface area contributed by atoms with E-state index in [9.17, 15) is 0 Å². The van der Waals surface area contributed by atoms with Gasteiger partial charge in [-0.1, -0.05) is 12.1 Å². The zero-order valence-electron chi connectivity index (χ0n) is 11.7. The monoisotopic (exact) mass is 281 g/mol. The van der Waals surface area contributed by atoms with Gasteiger partial charge in [-0.05, 0) is 30.7 Å². The molecule has 1 fully saturated rings. The highest BCUT2D eigenvalue weighted by Gasteiger charge is 2.29. The zero-order valence-corrected chi connectivity index (χ0v) is 11.7. The Bertz CT molecular complexity index is 784. The molecule has 3 aromatic rings. The molecule has 1 aliphatic rings. The molecule has 2 atom stereocenters. The molecule has 1 N–H and O–H groups in total. The maximum absolute atomic E-state index is 5.45. The fourth-order valence-electron chi connectivity index (χ4n) is 2.75. The Hall–Kier alpha value is -2.34. The van der Waals surface area contributed by atoms with E-state index < -0.39 is 0 Å². The summed E-state index contributed by atoms with van der Waals surface area (Å²) in [6.45, 7) is 4.08. The summed E-state index contributed by atoms with van der Waals surface area (Å²) >= 11 is 0. The fourth-order valence-corrected chi connectivity index (χ4v) is 2.75. The van der Waals surface area contributed by atoms with Crippen LogP contribution in [0.5, 0.6) is 0 Å². The lowest BCUT2D eigenvalue weighted by Gasteiger charge is -2.07. The molecular formula is C15H15N5O. The summed E-state index contributed by atoms with van der Waals surface area (Å²) in [5.74, 6) is 2.13. The molecule has 0 amide bonds. The van der Waals surface area contributed by atoms with Gasteiger partial charge >= 0.3 is 0 Å². The Morgan fingerprint density at radius 2 is 2.00 bits per heavy atom. The van der Waals surface area contributed by atoms with Crippen molar-refractivity contribution in [3.05, 3.63) is 36.5 Å². The maximum Gasteiger partial charge on any atom is 0.231 e. The molecule has 6 heteroatoms. The third kappa shape index (κ3) is 2.17. The first-order valence-corrected chi connectivity index (χ1v) is 7.07. The summed E-state index contributed by atoms with van der Waals surface area (Å²) in [5, 5.41) is 7.46. The second kappa shape index (κ2) is 4.89. The summed E-state index contributed by atoms with van der Waals surface area (Å²) < 4.78 is 5.45. The van der Waals surface area contributed by atoms with Crippen molar-refractivity contribution >= 4 is 11.0 Å². The molecule has 6 nitrogen and oxygen atoms in total. The van der Waals surface area contributed by atoms with E-state index in [1.807, 2.05) is 18.2 Å². The summed E-state index contributed by atoms with van der Waals surface area (Å²) in [5.41, 5.74) is 2.59. The molecule has 4 rings (SSSR count). The van der Waals surface area contributed by atoms with Gasteiger partial charge in [0.1, 0.15) is 0 Å². The Morgan fingerprint density at radius 1 is 1.14 bits per heavy atom. The fraction of sp³-hybridized carbons (Fsp3) is 0.333. The van der Waals surface area contributed by atoms with E-state index >= 15 is 0 Å². The van der Waals surface area contributed by atoms with Crippen LogP contribution in [0.25, 0.3) is 22.4 Å². The van der Waals surface area contributed by atoms with Crippen LogP contribution in [0, 0.1) is 5.92 Å². The molecule has 0 aliphatic carbocycles. The van der Waals surface area contributed by atoms with Crippen LogP contribution in [-0.2, 0) is 0 Å². The normalized spacial score (nSPS) is 22.0. The number of aromatic nitrogens is 4. The van der Waals surface area contributed by atoms with Gasteiger partial charge in [-0.2, -0.15) is 4.98 Å². The van der Waals surface area contributed by atoms with Gasteiger partial charge in [0.15, 0.2) is 0 Å². The summed E-state index contributed by atoms with van der Waals surface area (Å²) in [6.07, 6.45) is 3.36. The van der Waals surface area contributed by atoms with Crippen LogP contribution in [0.2, 0.25) is 0 Å². The number of hydrogen-bond acceptors (Lipinski definition) is 6. The molecule has 0 spiro atoms. The summed E-state index contributed by atoms with van der Waals surface area (Å²) in [6, 6.07) is 5.81. The average Bonchev–Trinajstić information content (AvgIpc) is 3.15. The van der Waals surface area contributed by atoms with E-state index in [1.165, 1.54) is 0 Å². The van der Waals surface area contributed by atoms with Crippen molar-refractivity contribution < 1.29 is 4.52 Å². The molecule has 106 valence electrons. The molecule has 0 radical (unpaired) electrons. The minimum absolute atomic E-state index is 0.298. The third-order valence-electron chi connectivity index (χ3n) is 4.00. The van der Waals surface area contributed by atoms with Gasteiger partial charge in [0.05, 0.1) is 17.0 Å². The van der Waals surface area contributed by atoms with Gasteiger partial charge in [-0.3, -0.25) is 9.97 Å². The molecule has 1 aromatic carbocycles. The number of nitrogens with zero attached hydrogens (tertiary/aromatic N) is 4. The lowest BCUT2D eigenvalue weighted by molar-refractivity contribution is 0.340. The van der Waals surface area contributed by atoms with Gasteiger partial charge in [0.25, 0.3) is 0 Å². The number of hydrogen-bond donors (Lipinski definition) is 1. The van der Waals surface area contributed by atoms with Crippen LogP contribution >= 0.6 is 0 Å². The van der Waals surface area contributed by atoms with E-state index in [1.54, 1.807) is 12.4 Å². The maximum atomic E-state index is 5.45. The first-order chi connectivity index (χ1) is 10.3. The number of fused-ring (bicyclic) bond motifs is 1. The largest absolute Gasteiger partial charge is 0.339 e. The molecule has 1 aliphatic heterocycles. The Balaban J connectivity index is 1.70. The van der Waals surface area contributed by atoms with Crippen molar-refractivity contribution in [2.45, 2.75) is 12.8 Å². The molecule has 3 heterocycles. The van der Waals surface area contributed by atoms with Crippen molar-refractivity contribution in [1.82, 2.24) is 25.4 Å². The zero-order chi connectivity index (χ0) is 14.2. The minimum Gasteiger partial charge on any atom is -0.339 e. The summed E-state index contributed by atoms with van der Waals surface area (Å²) in [4.78, 5) is 13.1. The van der Waals surface area contributed by atoms with Crippen molar-refractivity contribution in [3.8, 4) is 11.4 Å². The average molecular weight is 281 g/mol. The number of benzene rings is 1. The molecule has 1 saturated heterocycles. The van der Waals surface area contributed by atoms with Crippen LogP contribution in [-0.4, -0.2) is 33.2 Å². The lowest BCUT2D eigenvalue weighted by atomic mass is 9.98. The second-order valence-corrected chi connectivity index (χ2v) is 5.46. The van der Waals surface area contributed by atoms with E-state index in [-0.39, 0.29) is 0 Å². The Morgan fingerprint density at radius 3 is 2.81 bits per heavy atom. The topological polar surface area (TPSA) is 76.7 Å². The van der Waals surface area contributed by atoms with Gasteiger partial charge in [0, 0.05) is 24.5 Å². The van der Waals surface area contributed by atoms with E-state index in [0.29, 0.717) is 23.6 Å². The SMILES string of the molecule is C[C@@H]1CNC[C@H]1c1nc(-c2ccc3nccnc3c2)no1. The van der Waals surface area contributed by atoms with Crippen molar-refractivity contribution in [2.75, 3.05) is 13.1 Å². The van der Waals surface area contributed by atoms with E-state index in [0.717, 1.165) is 29.7 Å². The highest BCUT2D eigenvalue weighted by atomic mass is 16.5. The quantitative estimate of drug-likeness (QED) is 0.774. The van der Waals surface area contributed by atoms with Gasteiger partial charge in [-0.15, -0.1) is 0 Å². The highest BCUT2D eigenvalue weighted by molar-refractivity contribution is 5.79. The van der Waals surface area contributed by atoms with Crippen LogP contribution in [0.15, 0.2) is 35.1 Å². The first kappa shape index (κ1) is 12.4. The van der Waals surface area contributed by atoms with Gasteiger partial charge in [-0.25, -0.2) is 0 Å². The van der Waals surface area contributed by atoms with Crippen LogP contribution < -0.4 is 5.32 Å². The van der Waals surface area contributed by atoms with Crippen LogP contribution in [0.3, 0.4) is 0 Å². The van der Waals surface area contributed by atoms with E-state index in [4.69, 9.17) is 4.52 Å². The van der Waals surface area contributed by atoms with E-state index in [2.05, 4.69) is 32.3 Å². The minimum atomic E-state index is 0.298. The molecule has 0 unspecified atom stereocenters. The number of nitrogens with one attached hydrogen (secondary N) is 1. The number of rotatable bonds is 2. The third-order valence-corrected chi connectivity index (χ3v) is 4.00. The van der Waals surface area contributed by atoms with Crippen molar-refractivity contribution in [1.29, 1.82) is 0 Å². The molecule has 0 saturated carbocycles. The van der Waals surface area contributed by atoms with Gasteiger partial charge in [0.2, 0.25) is 11.7 Å². The Labute approximate surface area is 121 Å². The molecular weight excluding hydrogens is 266 g/mol. The van der Waals surface area contributed by atoms with Gasteiger partial charge < -0.3 is 9.84 Å². The molecule has 2 aromatic heterocycles. The van der Waals surface area contributed by atoms with Crippen LogP contribution in [0.1, 0.15) is 18.7 Å². The lowest BCUT2D eigenvalue weighted by Crippen LogP contribution is -2.08. The Kier molecular flexibility index (Phi) is 2.89. The predicted octanol–water partition coefficient (Wildman–Crippen LogP) is 2.00. The molecule has 0 bridgehead atoms. The van der Waals surface area contributed by atoms with Crippen molar-refractivity contribution in [2.24, 2.45) is 5.92 Å². The standard InChI is InChI=1S/C15H15N5O/c1-9-7-16-8-11(9)15-19-14(20-21-15)10-2-3-12-13(6-10)18-5-4-17-12/h2-6,9,11,16H,7-8H2,1H3/t9-,11-/m1/s1. The second-order valence-electron chi connectivity index (χ2n) is 5.46. The first-order valence-electron chi connectivity index (χ1n) is 7.07. The van der Waals surface area contributed by atoms with Crippen LogP contribution in [0.4, 0.5) is 0 Å². The smallest absolute Gasteiger partial charge is 0.231 e. The van der Waals surface area contributed by atoms with Crippen molar-refractivity contribution in [3.63, 3.8) is 0 Å². The summed E-state index contributed by atoms with van der Waals surface area (Å²) in [7, 11) is 0.